The SMILES string of the molecule is O=C(C=Cc1ccccc1Cl)NC(=S)Nc1ccccc1C(=O)N1CCOCC1. The summed E-state index contributed by atoms with van der Waals surface area (Å²) in [4.78, 5) is 26.7. The van der Waals surface area contributed by atoms with Gasteiger partial charge in [-0.05, 0) is 42.1 Å². The zero-order chi connectivity index (χ0) is 20.6. The van der Waals surface area contributed by atoms with Gasteiger partial charge in [0.1, 0.15) is 0 Å². The molecule has 0 saturated carbocycles. The molecule has 8 heteroatoms. The van der Waals surface area contributed by atoms with E-state index in [1.54, 1.807) is 47.4 Å². The molecule has 2 aromatic rings. The van der Waals surface area contributed by atoms with Crippen LogP contribution in [0, 0.1) is 0 Å². The van der Waals surface area contributed by atoms with E-state index in [9.17, 15) is 9.59 Å². The Morgan fingerprint density at radius 2 is 1.76 bits per heavy atom. The van der Waals surface area contributed by atoms with Gasteiger partial charge in [-0.25, -0.2) is 0 Å². The van der Waals surface area contributed by atoms with Crippen LogP contribution in [0.4, 0.5) is 5.69 Å². The average Bonchev–Trinajstić information content (AvgIpc) is 2.73. The highest BCUT2D eigenvalue weighted by molar-refractivity contribution is 7.80. The van der Waals surface area contributed by atoms with Gasteiger partial charge in [0.15, 0.2) is 5.11 Å². The topological polar surface area (TPSA) is 70.7 Å². The van der Waals surface area contributed by atoms with Crippen molar-refractivity contribution in [3.8, 4) is 0 Å². The molecular formula is C21H20ClN3O3S. The highest BCUT2D eigenvalue weighted by Gasteiger charge is 2.21. The lowest BCUT2D eigenvalue weighted by Crippen LogP contribution is -2.41. The number of thiocarbonyl (C=S) groups is 1. The fourth-order valence-corrected chi connectivity index (χ4v) is 3.21. The quantitative estimate of drug-likeness (QED) is 0.576. The van der Waals surface area contributed by atoms with Crippen LogP contribution in [0.25, 0.3) is 6.08 Å². The van der Waals surface area contributed by atoms with Crippen molar-refractivity contribution in [2.75, 3.05) is 31.6 Å². The molecule has 2 aromatic carbocycles. The van der Waals surface area contributed by atoms with Crippen LogP contribution in [-0.4, -0.2) is 48.1 Å². The van der Waals surface area contributed by atoms with E-state index in [2.05, 4.69) is 10.6 Å². The molecule has 1 aliphatic rings. The van der Waals surface area contributed by atoms with Gasteiger partial charge in [0.25, 0.3) is 5.91 Å². The van der Waals surface area contributed by atoms with Crippen molar-refractivity contribution in [3.63, 3.8) is 0 Å². The minimum absolute atomic E-state index is 0.0982. The number of carbonyl (C=O) groups excluding carboxylic acids is 2. The second-order valence-electron chi connectivity index (χ2n) is 6.25. The number of carbonyl (C=O) groups is 2. The summed E-state index contributed by atoms with van der Waals surface area (Å²) in [5, 5.41) is 6.15. The molecule has 0 aliphatic carbocycles. The van der Waals surface area contributed by atoms with Crippen molar-refractivity contribution in [2.45, 2.75) is 0 Å². The molecule has 0 aromatic heterocycles. The first kappa shape index (κ1) is 21.0. The number of halogens is 1. The minimum Gasteiger partial charge on any atom is -0.378 e. The van der Waals surface area contributed by atoms with Gasteiger partial charge in [-0.15, -0.1) is 0 Å². The molecular weight excluding hydrogens is 410 g/mol. The van der Waals surface area contributed by atoms with Gasteiger partial charge in [-0.1, -0.05) is 41.9 Å². The molecule has 1 fully saturated rings. The van der Waals surface area contributed by atoms with Gasteiger partial charge in [-0.3, -0.25) is 14.9 Å². The highest BCUT2D eigenvalue weighted by atomic mass is 35.5. The number of nitrogens with zero attached hydrogens (tertiary/aromatic N) is 1. The summed E-state index contributed by atoms with van der Waals surface area (Å²) in [5.74, 6) is -0.511. The molecule has 1 heterocycles. The van der Waals surface area contributed by atoms with Crippen molar-refractivity contribution >= 4 is 52.5 Å². The summed E-state index contributed by atoms with van der Waals surface area (Å²) in [6.45, 7) is 2.13. The predicted octanol–water partition coefficient (Wildman–Crippen LogP) is 3.34. The number of hydrogen-bond acceptors (Lipinski definition) is 4. The lowest BCUT2D eigenvalue weighted by molar-refractivity contribution is -0.115. The average molecular weight is 430 g/mol. The molecule has 3 rings (SSSR count). The second-order valence-corrected chi connectivity index (χ2v) is 7.06. The molecule has 6 nitrogen and oxygen atoms in total. The highest BCUT2D eigenvalue weighted by Crippen LogP contribution is 2.18. The van der Waals surface area contributed by atoms with Crippen molar-refractivity contribution in [2.24, 2.45) is 0 Å². The Kier molecular flexibility index (Phi) is 7.35. The molecule has 1 aliphatic heterocycles. The molecule has 2 N–H and O–H groups in total. The van der Waals surface area contributed by atoms with E-state index in [0.717, 1.165) is 5.56 Å². The Hall–Kier alpha value is -2.74. The maximum absolute atomic E-state index is 12.8. The number of benzene rings is 2. The molecule has 29 heavy (non-hydrogen) atoms. The number of morpholine rings is 1. The maximum atomic E-state index is 12.8. The number of nitrogens with one attached hydrogen (secondary N) is 2. The monoisotopic (exact) mass is 429 g/mol. The molecule has 1 saturated heterocycles. The molecule has 0 unspecified atom stereocenters. The number of amides is 2. The number of para-hydroxylation sites is 1. The lowest BCUT2D eigenvalue weighted by Gasteiger charge is -2.27. The molecule has 0 atom stereocenters. The third kappa shape index (κ3) is 5.87. The smallest absolute Gasteiger partial charge is 0.256 e. The number of rotatable bonds is 4. The van der Waals surface area contributed by atoms with Crippen LogP contribution in [0.3, 0.4) is 0 Å². The minimum atomic E-state index is -0.403. The first-order chi connectivity index (χ1) is 14.0. The fraction of sp³-hybridized carbons (Fsp3) is 0.190. The maximum Gasteiger partial charge on any atom is 0.256 e. The molecule has 150 valence electrons. The Morgan fingerprint density at radius 3 is 2.52 bits per heavy atom. The Labute approximate surface area is 179 Å². The van der Waals surface area contributed by atoms with Gasteiger partial charge < -0.3 is 15.0 Å². The predicted molar refractivity (Wildman–Crippen MR) is 118 cm³/mol. The van der Waals surface area contributed by atoms with Crippen LogP contribution in [0.5, 0.6) is 0 Å². The van der Waals surface area contributed by atoms with Gasteiger partial charge in [0, 0.05) is 24.2 Å². The van der Waals surface area contributed by atoms with Gasteiger partial charge in [0.05, 0.1) is 24.5 Å². The van der Waals surface area contributed by atoms with Crippen LogP contribution in [-0.2, 0) is 9.53 Å². The van der Waals surface area contributed by atoms with E-state index < -0.39 is 5.91 Å². The number of anilines is 1. The normalized spacial score (nSPS) is 13.9. The van der Waals surface area contributed by atoms with Crippen LogP contribution in [0.15, 0.2) is 54.6 Å². The van der Waals surface area contributed by atoms with Crippen molar-refractivity contribution in [1.29, 1.82) is 0 Å². The molecule has 0 spiro atoms. The van der Waals surface area contributed by atoms with Crippen molar-refractivity contribution < 1.29 is 14.3 Å². The Bertz CT molecular complexity index is 942. The van der Waals surface area contributed by atoms with E-state index in [-0.39, 0.29) is 11.0 Å². The van der Waals surface area contributed by atoms with Crippen molar-refractivity contribution in [1.82, 2.24) is 10.2 Å². The first-order valence-corrected chi connectivity index (χ1v) is 9.84. The summed E-state index contributed by atoms with van der Waals surface area (Å²) in [7, 11) is 0. The molecule has 0 radical (unpaired) electrons. The molecule has 0 bridgehead atoms. The number of ether oxygens (including phenoxy) is 1. The standard InChI is InChI=1S/C21H20ClN3O3S/c22-17-7-3-1-5-15(17)9-10-19(26)24-21(29)23-18-8-4-2-6-16(18)20(27)25-11-13-28-14-12-25/h1-10H,11-14H2,(H2,23,24,26,29). The Balaban J connectivity index is 1.62. The van der Waals surface area contributed by atoms with Gasteiger partial charge in [-0.2, -0.15) is 0 Å². The van der Waals surface area contributed by atoms with Crippen LogP contribution in [0.2, 0.25) is 5.02 Å². The van der Waals surface area contributed by atoms with E-state index in [0.29, 0.717) is 42.6 Å². The zero-order valence-corrected chi connectivity index (χ0v) is 17.1. The molecule has 2 amide bonds. The van der Waals surface area contributed by atoms with E-state index in [4.69, 9.17) is 28.6 Å². The fourth-order valence-electron chi connectivity index (χ4n) is 2.80. The van der Waals surface area contributed by atoms with E-state index in [1.165, 1.54) is 6.08 Å². The number of hydrogen-bond donors (Lipinski definition) is 2. The van der Waals surface area contributed by atoms with E-state index in [1.807, 2.05) is 12.1 Å². The van der Waals surface area contributed by atoms with E-state index >= 15 is 0 Å². The van der Waals surface area contributed by atoms with Gasteiger partial charge in [0.2, 0.25) is 5.91 Å². The van der Waals surface area contributed by atoms with Crippen LogP contribution >= 0.6 is 23.8 Å². The van der Waals surface area contributed by atoms with Gasteiger partial charge >= 0.3 is 0 Å². The summed E-state index contributed by atoms with van der Waals surface area (Å²) >= 11 is 11.3. The second kappa shape index (κ2) is 10.2. The summed E-state index contributed by atoms with van der Waals surface area (Å²) in [6, 6.07) is 14.2. The third-order valence-corrected chi connectivity index (χ3v) is 4.81. The largest absolute Gasteiger partial charge is 0.378 e. The lowest BCUT2D eigenvalue weighted by atomic mass is 10.1. The summed E-state index contributed by atoms with van der Waals surface area (Å²) in [5.41, 5.74) is 1.74. The summed E-state index contributed by atoms with van der Waals surface area (Å²) in [6.07, 6.45) is 2.95. The third-order valence-electron chi connectivity index (χ3n) is 4.26. The van der Waals surface area contributed by atoms with Crippen LogP contribution < -0.4 is 10.6 Å². The Morgan fingerprint density at radius 1 is 1.07 bits per heavy atom. The van der Waals surface area contributed by atoms with Crippen molar-refractivity contribution in [3.05, 3.63) is 70.8 Å². The van der Waals surface area contributed by atoms with Crippen LogP contribution in [0.1, 0.15) is 15.9 Å². The zero-order valence-electron chi connectivity index (χ0n) is 15.6. The first-order valence-electron chi connectivity index (χ1n) is 9.05. The summed E-state index contributed by atoms with van der Waals surface area (Å²) < 4.78 is 5.29.